The summed E-state index contributed by atoms with van der Waals surface area (Å²) in [6.45, 7) is 3.14. The molecule has 0 spiro atoms. The van der Waals surface area contributed by atoms with Crippen molar-refractivity contribution < 1.29 is 19.5 Å². The Bertz CT molecular complexity index is 688. The fourth-order valence-corrected chi connectivity index (χ4v) is 3.96. The third-order valence-electron chi connectivity index (χ3n) is 5.32. The molecule has 2 atom stereocenters. The molecule has 1 saturated heterocycles. The van der Waals surface area contributed by atoms with Crippen molar-refractivity contribution in [3.8, 4) is 0 Å². The van der Waals surface area contributed by atoms with Gasteiger partial charge in [-0.15, -0.1) is 0 Å². The van der Waals surface area contributed by atoms with E-state index in [0.717, 1.165) is 12.8 Å². The van der Waals surface area contributed by atoms with Crippen molar-refractivity contribution in [2.45, 2.75) is 26.2 Å². The van der Waals surface area contributed by atoms with Gasteiger partial charge in [-0.1, -0.05) is 6.42 Å². The van der Waals surface area contributed by atoms with Crippen LogP contribution in [0.2, 0.25) is 0 Å². The lowest BCUT2D eigenvalue weighted by Crippen LogP contribution is -2.38. The van der Waals surface area contributed by atoms with E-state index in [-0.39, 0.29) is 24.4 Å². The molecular formula is C18H23N3O4. The minimum Gasteiger partial charge on any atom is -0.481 e. The van der Waals surface area contributed by atoms with Crippen LogP contribution in [0.25, 0.3) is 0 Å². The summed E-state index contributed by atoms with van der Waals surface area (Å²) in [6, 6.07) is 6.36. The van der Waals surface area contributed by atoms with Gasteiger partial charge in [0.1, 0.15) is 0 Å². The molecule has 25 heavy (non-hydrogen) atoms. The third kappa shape index (κ3) is 3.18. The summed E-state index contributed by atoms with van der Waals surface area (Å²) in [5.41, 5.74) is 0.333. The van der Waals surface area contributed by atoms with Crippen LogP contribution >= 0.6 is 0 Å². The second-order valence-corrected chi connectivity index (χ2v) is 6.80. The van der Waals surface area contributed by atoms with Gasteiger partial charge in [0.25, 0.3) is 5.91 Å². The molecule has 134 valence electrons. The quantitative estimate of drug-likeness (QED) is 0.779. The lowest BCUT2D eigenvalue weighted by atomic mass is 9.81. The van der Waals surface area contributed by atoms with Crippen LogP contribution in [0, 0.1) is 11.3 Å². The Balaban J connectivity index is 1.63. The van der Waals surface area contributed by atoms with E-state index in [1.165, 1.54) is 0 Å². The number of aliphatic carboxylic acids is 1. The zero-order chi connectivity index (χ0) is 18.0. The fraction of sp³-hybridized carbons (Fsp3) is 0.500. The van der Waals surface area contributed by atoms with E-state index in [0.29, 0.717) is 30.8 Å². The molecule has 1 aromatic carbocycles. The van der Waals surface area contributed by atoms with Gasteiger partial charge in [0.15, 0.2) is 0 Å². The SMILES string of the molecule is CCNC(=O)c1ccc(NC(=O)N2C[C@@H]3CCC[C@@]3(C(=O)O)C2)cc1. The first-order valence-electron chi connectivity index (χ1n) is 8.64. The van der Waals surface area contributed by atoms with Crippen molar-refractivity contribution in [3.63, 3.8) is 0 Å². The highest BCUT2D eigenvalue weighted by Crippen LogP contribution is 2.48. The van der Waals surface area contributed by atoms with Crippen molar-refractivity contribution >= 4 is 23.6 Å². The number of hydrogen-bond donors (Lipinski definition) is 3. The molecule has 2 fully saturated rings. The number of benzene rings is 1. The molecule has 0 radical (unpaired) electrons. The minimum atomic E-state index is -0.795. The zero-order valence-electron chi connectivity index (χ0n) is 14.2. The second-order valence-electron chi connectivity index (χ2n) is 6.80. The normalized spacial score (nSPS) is 24.7. The van der Waals surface area contributed by atoms with Crippen LogP contribution in [0.3, 0.4) is 0 Å². The summed E-state index contributed by atoms with van der Waals surface area (Å²) in [5, 5.41) is 15.1. The maximum atomic E-state index is 12.5. The monoisotopic (exact) mass is 345 g/mol. The van der Waals surface area contributed by atoms with Crippen LogP contribution in [0.15, 0.2) is 24.3 Å². The summed E-state index contributed by atoms with van der Waals surface area (Å²) in [6.07, 6.45) is 2.41. The number of likely N-dealkylation sites (tertiary alicyclic amines) is 1. The smallest absolute Gasteiger partial charge is 0.321 e. The summed E-state index contributed by atoms with van der Waals surface area (Å²) in [4.78, 5) is 37.5. The first kappa shape index (κ1) is 17.3. The molecule has 3 N–H and O–H groups in total. The van der Waals surface area contributed by atoms with E-state index < -0.39 is 11.4 Å². The van der Waals surface area contributed by atoms with Gasteiger partial charge >= 0.3 is 12.0 Å². The Kier molecular flexibility index (Phi) is 4.65. The number of carbonyl (C=O) groups excluding carboxylic acids is 2. The Morgan fingerprint density at radius 3 is 2.60 bits per heavy atom. The molecule has 7 heteroatoms. The van der Waals surface area contributed by atoms with Crippen LogP contribution in [0.4, 0.5) is 10.5 Å². The van der Waals surface area contributed by atoms with Gasteiger partial charge in [-0.3, -0.25) is 9.59 Å². The Labute approximate surface area is 146 Å². The molecule has 1 aromatic rings. The van der Waals surface area contributed by atoms with Crippen molar-refractivity contribution in [2.24, 2.45) is 11.3 Å². The number of carboxylic acids is 1. The number of carboxylic acid groups (broad SMARTS) is 1. The summed E-state index contributed by atoms with van der Waals surface area (Å²) in [7, 11) is 0. The molecule has 0 bridgehead atoms. The van der Waals surface area contributed by atoms with E-state index >= 15 is 0 Å². The largest absolute Gasteiger partial charge is 0.481 e. The van der Waals surface area contributed by atoms with E-state index in [1.54, 1.807) is 29.2 Å². The predicted octanol–water partition coefficient (Wildman–Crippen LogP) is 2.15. The Morgan fingerprint density at radius 1 is 1.28 bits per heavy atom. The molecule has 1 heterocycles. The van der Waals surface area contributed by atoms with E-state index in [2.05, 4.69) is 10.6 Å². The molecule has 2 aliphatic rings. The molecule has 0 aromatic heterocycles. The van der Waals surface area contributed by atoms with E-state index in [9.17, 15) is 19.5 Å². The lowest BCUT2D eigenvalue weighted by molar-refractivity contribution is -0.149. The van der Waals surface area contributed by atoms with Gasteiger partial charge in [-0.25, -0.2) is 4.79 Å². The maximum Gasteiger partial charge on any atom is 0.321 e. The Morgan fingerprint density at radius 2 is 2.00 bits per heavy atom. The summed E-state index contributed by atoms with van der Waals surface area (Å²) < 4.78 is 0. The van der Waals surface area contributed by atoms with E-state index in [4.69, 9.17) is 0 Å². The van der Waals surface area contributed by atoms with Gasteiger partial charge in [0, 0.05) is 30.9 Å². The number of hydrogen-bond acceptors (Lipinski definition) is 3. The topological polar surface area (TPSA) is 98.7 Å². The van der Waals surface area contributed by atoms with Crippen LogP contribution in [0.1, 0.15) is 36.5 Å². The molecule has 1 aliphatic heterocycles. The number of fused-ring (bicyclic) bond motifs is 1. The summed E-state index contributed by atoms with van der Waals surface area (Å²) >= 11 is 0. The standard InChI is InChI=1S/C18H23N3O4/c1-2-19-15(22)12-5-7-14(8-6-12)20-17(25)21-10-13-4-3-9-18(13,11-21)16(23)24/h5-8,13H,2-4,9-11H2,1H3,(H,19,22)(H,20,25)(H,23,24)/t13-,18+/m0/s1. The number of nitrogens with one attached hydrogen (secondary N) is 2. The predicted molar refractivity (Wildman–Crippen MR) is 92.5 cm³/mol. The average Bonchev–Trinajstić information content (AvgIpc) is 3.14. The lowest BCUT2D eigenvalue weighted by Gasteiger charge is -2.23. The second kappa shape index (κ2) is 6.74. The summed E-state index contributed by atoms with van der Waals surface area (Å²) in [5.74, 6) is -0.913. The van der Waals surface area contributed by atoms with Gasteiger partial charge in [0.05, 0.1) is 5.41 Å². The number of amides is 3. The molecule has 1 saturated carbocycles. The number of nitrogens with zero attached hydrogens (tertiary/aromatic N) is 1. The highest BCUT2D eigenvalue weighted by atomic mass is 16.4. The minimum absolute atomic E-state index is 0.0378. The van der Waals surface area contributed by atoms with Crippen LogP contribution in [-0.4, -0.2) is 47.5 Å². The highest BCUT2D eigenvalue weighted by Gasteiger charge is 2.55. The van der Waals surface area contributed by atoms with Crippen molar-refractivity contribution in [2.75, 3.05) is 25.0 Å². The molecule has 3 amide bonds. The van der Waals surface area contributed by atoms with Crippen molar-refractivity contribution in [1.29, 1.82) is 0 Å². The van der Waals surface area contributed by atoms with Crippen LogP contribution in [0.5, 0.6) is 0 Å². The first-order chi connectivity index (χ1) is 12.0. The van der Waals surface area contributed by atoms with Crippen molar-refractivity contribution in [3.05, 3.63) is 29.8 Å². The number of urea groups is 1. The van der Waals surface area contributed by atoms with Gasteiger partial charge < -0.3 is 20.6 Å². The molecule has 0 unspecified atom stereocenters. The average molecular weight is 345 g/mol. The maximum absolute atomic E-state index is 12.5. The molecule has 1 aliphatic carbocycles. The molecular weight excluding hydrogens is 322 g/mol. The van der Waals surface area contributed by atoms with Crippen LogP contribution < -0.4 is 10.6 Å². The third-order valence-corrected chi connectivity index (χ3v) is 5.32. The fourth-order valence-electron chi connectivity index (χ4n) is 3.96. The van der Waals surface area contributed by atoms with Gasteiger partial charge in [-0.05, 0) is 49.9 Å². The zero-order valence-corrected chi connectivity index (χ0v) is 14.2. The van der Waals surface area contributed by atoms with Gasteiger partial charge in [-0.2, -0.15) is 0 Å². The van der Waals surface area contributed by atoms with Crippen molar-refractivity contribution in [1.82, 2.24) is 10.2 Å². The Hall–Kier alpha value is -2.57. The number of carbonyl (C=O) groups is 3. The number of anilines is 1. The molecule has 7 nitrogen and oxygen atoms in total. The molecule has 3 rings (SSSR count). The van der Waals surface area contributed by atoms with E-state index in [1.807, 2.05) is 6.92 Å². The number of rotatable bonds is 4. The van der Waals surface area contributed by atoms with Gasteiger partial charge in [0.2, 0.25) is 0 Å². The van der Waals surface area contributed by atoms with Crippen LogP contribution in [-0.2, 0) is 4.79 Å². The highest BCUT2D eigenvalue weighted by molar-refractivity contribution is 5.95. The first-order valence-corrected chi connectivity index (χ1v) is 8.64.